The van der Waals surface area contributed by atoms with Crippen molar-refractivity contribution in [3.63, 3.8) is 0 Å². The summed E-state index contributed by atoms with van der Waals surface area (Å²) in [4.78, 5) is 11.7. The normalized spacial score (nSPS) is 11.3. The standard InChI is InChI=1S/C20H22ClN3O3.C2H6/c1-2-3-4-8-13-23-24(22)17-14-16(21)11-12-18(17)27-19(20(25)26)15-9-6-5-7-10-15;1-2/h2,5-7,9-14,19H,1,3-4,8,22H2,(H,25,26);1-2H3/b23-13-;/t19-;/m1./s1. The first kappa shape index (κ1) is 24.2. The molecule has 2 aromatic rings. The van der Waals surface area contributed by atoms with Gasteiger partial charge in [-0.1, -0.05) is 61.9 Å². The van der Waals surface area contributed by atoms with E-state index in [1.807, 2.05) is 19.9 Å². The van der Waals surface area contributed by atoms with Gasteiger partial charge >= 0.3 is 5.97 Å². The lowest BCUT2D eigenvalue weighted by molar-refractivity contribution is -0.145. The predicted octanol–water partition coefficient (Wildman–Crippen LogP) is 5.59. The van der Waals surface area contributed by atoms with Crippen molar-refractivity contribution >= 4 is 29.5 Å². The molecule has 0 saturated carbocycles. The van der Waals surface area contributed by atoms with Crippen molar-refractivity contribution in [3.8, 4) is 5.75 Å². The van der Waals surface area contributed by atoms with Crippen LogP contribution in [0.25, 0.3) is 0 Å². The largest absolute Gasteiger partial charge is 0.478 e. The Morgan fingerprint density at radius 3 is 2.59 bits per heavy atom. The lowest BCUT2D eigenvalue weighted by Crippen LogP contribution is -2.26. The molecule has 0 amide bonds. The van der Waals surface area contributed by atoms with E-state index >= 15 is 0 Å². The monoisotopic (exact) mass is 417 g/mol. The molecule has 0 aliphatic heterocycles. The molecule has 0 radical (unpaired) electrons. The van der Waals surface area contributed by atoms with Crippen molar-refractivity contribution in [2.45, 2.75) is 39.2 Å². The van der Waals surface area contributed by atoms with Crippen LogP contribution in [0.2, 0.25) is 5.02 Å². The van der Waals surface area contributed by atoms with Gasteiger partial charge < -0.3 is 9.84 Å². The van der Waals surface area contributed by atoms with Crippen LogP contribution in [0.4, 0.5) is 5.69 Å². The number of ether oxygens (including phenoxy) is 1. The summed E-state index contributed by atoms with van der Waals surface area (Å²) in [5.41, 5.74) is 0.882. The minimum absolute atomic E-state index is 0.265. The zero-order valence-electron chi connectivity index (χ0n) is 16.8. The van der Waals surface area contributed by atoms with Gasteiger partial charge in [-0.2, -0.15) is 10.2 Å². The summed E-state index contributed by atoms with van der Waals surface area (Å²) < 4.78 is 5.75. The first-order chi connectivity index (χ1) is 14.0. The number of benzene rings is 2. The maximum atomic E-state index is 11.7. The third-order valence-electron chi connectivity index (χ3n) is 3.69. The number of hydrazine groups is 1. The van der Waals surface area contributed by atoms with Gasteiger partial charge in [0.15, 0.2) is 0 Å². The summed E-state index contributed by atoms with van der Waals surface area (Å²) in [6.45, 7) is 7.67. The van der Waals surface area contributed by atoms with E-state index in [1.54, 1.807) is 54.7 Å². The van der Waals surface area contributed by atoms with Crippen LogP contribution in [-0.2, 0) is 4.79 Å². The van der Waals surface area contributed by atoms with Gasteiger partial charge in [-0.05, 0) is 37.5 Å². The molecule has 2 rings (SSSR count). The Morgan fingerprint density at radius 2 is 1.97 bits per heavy atom. The Labute approximate surface area is 177 Å². The first-order valence-corrected chi connectivity index (χ1v) is 9.83. The number of rotatable bonds is 10. The van der Waals surface area contributed by atoms with E-state index in [0.717, 1.165) is 24.4 Å². The zero-order chi connectivity index (χ0) is 21.6. The summed E-state index contributed by atoms with van der Waals surface area (Å²) in [5.74, 6) is 5.15. The average molecular weight is 418 g/mol. The highest BCUT2D eigenvalue weighted by Gasteiger charge is 2.23. The molecule has 0 heterocycles. The van der Waals surface area contributed by atoms with Gasteiger partial charge in [0.2, 0.25) is 6.10 Å². The molecule has 2 aromatic carbocycles. The zero-order valence-corrected chi connectivity index (χ0v) is 17.5. The fourth-order valence-corrected chi connectivity index (χ4v) is 2.51. The highest BCUT2D eigenvalue weighted by Crippen LogP contribution is 2.33. The molecule has 156 valence electrons. The highest BCUT2D eigenvalue weighted by atomic mass is 35.5. The molecule has 29 heavy (non-hydrogen) atoms. The van der Waals surface area contributed by atoms with E-state index in [0.29, 0.717) is 16.3 Å². The van der Waals surface area contributed by atoms with Crippen LogP contribution in [-0.4, -0.2) is 17.3 Å². The molecular weight excluding hydrogens is 390 g/mol. The number of nitrogens with zero attached hydrogens (tertiary/aromatic N) is 2. The smallest absolute Gasteiger partial charge is 0.349 e. The maximum absolute atomic E-state index is 11.7. The minimum atomic E-state index is -1.18. The molecule has 0 unspecified atom stereocenters. The van der Waals surface area contributed by atoms with Crippen LogP contribution in [0.5, 0.6) is 5.75 Å². The molecule has 3 N–H and O–H groups in total. The number of carboxylic acid groups (broad SMARTS) is 1. The van der Waals surface area contributed by atoms with Crippen LogP contribution in [0.3, 0.4) is 0 Å². The maximum Gasteiger partial charge on any atom is 0.349 e. The summed E-state index contributed by atoms with van der Waals surface area (Å²) in [7, 11) is 0. The van der Waals surface area contributed by atoms with Crippen molar-refractivity contribution in [2.24, 2.45) is 10.9 Å². The van der Waals surface area contributed by atoms with Gasteiger partial charge in [-0.25, -0.2) is 10.6 Å². The molecule has 0 saturated heterocycles. The Kier molecular flexibility index (Phi) is 11.2. The average Bonchev–Trinajstić information content (AvgIpc) is 2.74. The number of halogens is 1. The number of hydrazone groups is 1. The van der Waals surface area contributed by atoms with Crippen molar-refractivity contribution in [3.05, 3.63) is 71.8 Å². The summed E-state index contributed by atoms with van der Waals surface area (Å²) in [5, 5.41) is 15.3. The van der Waals surface area contributed by atoms with Crippen LogP contribution in [0, 0.1) is 0 Å². The van der Waals surface area contributed by atoms with Crippen LogP contribution >= 0.6 is 11.6 Å². The fourth-order valence-electron chi connectivity index (χ4n) is 2.35. The second-order valence-electron chi connectivity index (χ2n) is 5.72. The number of allylic oxidation sites excluding steroid dienone is 1. The number of nitrogens with two attached hydrogens (primary N) is 1. The van der Waals surface area contributed by atoms with Crippen molar-refractivity contribution < 1.29 is 14.6 Å². The van der Waals surface area contributed by atoms with Crippen molar-refractivity contribution in [2.75, 3.05) is 5.12 Å². The molecule has 0 aromatic heterocycles. The lowest BCUT2D eigenvalue weighted by Gasteiger charge is -2.21. The molecule has 0 fully saturated rings. The van der Waals surface area contributed by atoms with Gasteiger partial charge in [-0.3, -0.25) is 0 Å². The Morgan fingerprint density at radius 1 is 1.28 bits per heavy atom. The Hall–Kier alpha value is -2.83. The molecule has 0 aliphatic carbocycles. The van der Waals surface area contributed by atoms with E-state index in [-0.39, 0.29) is 5.75 Å². The number of aliphatic carboxylic acids is 1. The van der Waals surface area contributed by atoms with E-state index in [2.05, 4.69) is 11.7 Å². The Balaban J connectivity index is 0.00000204. The van der Waals surface area contributed by atoms with Crippen LogP contribution < -0.4 is 15.7 Å². The van der Waals surface area contributed by atoms with Gasteiger partial charge in [0.1, 0.15) is 11.4 Å². The molecule has 0 bridgehead atoms. The van der Waals surface area contributed by atoms with Crippen molar-refractivity contribution in [1.29, 1.82) is 0 Å². The summed E-state index contributed by atoms with van der Waals surface area (Å²) in [6, 6.07) is 13.4. The second-order valence-corrected chi connectivity index (χ2v) is 6.16. The van der Waals surface area contributed by atoms with Gasteiger partial charge in [0, 0.05) is 16.8 Å². The van der Waals surface area contributed by atoms with Crippen molar-refractivity contribution in [1.82, 2.24) is 0 Å². The molecule has 0 aliphatic rings. The van der Waals surface area contributed by atoms with Crippen LogP contribution in [0.15, 0.2) is 66.3 Å². The molecule has 6 nitrogen and oxygen atoms in total. The number of hydrogen-bond acceptors (Lipinski definition) is 5. The number of carboxylic acids is 1. The fraction of sp³-hybridized carbons (Fsp3) is 0.273. The van der Waals surface area contributed by atoms with Gasteiger partial charge in [0.25, 0.3) is 0 Å². The molecule has 7 heteroatoms. The van der Waals surface area contributed by atoms with Gasteiger partial charge in [0.05, 0.1) is 0 Å². The second kappa shape index (κ2) is 13.4. The predicted molar refractivity (Wildman–Crippen MR) is 119 cm³/mol. The Bertz CT molecular complexity index is 797. The lowest BCUT2D eigenvalue weighted by atomic mass is 10.1. The number of hydrogen-bond donors (Lipinski definition) is 2. The summed E-state index contributed by atoms with van der Waals surface area (Å²) >= 11 is 6.06. The third-order valence-corrected chi connectivity index (χ3v) is 3.92. The molecule has 0 spiro atoms. The highest BCUT2D eigenvalue weighted by molar-refractivity contribution is 6.30. The third kappa shape index (κ3) is 7.97. The number of anilines is 1. The number of unbranched alkanes of at least 4 members (excludes halogenated alkanes) is 2. The van der Waals surface area contributed by atoms with E-state index < -0.39 is 12.1 Å². The first-order valence-electron chi connectivity index (χ1n) is 9.45. The number of carbonyl (C=O) groups is 1. The van der Waals surface area contributed by atoms with Crippen LogP contribution in [0.1, 0.15) is 44.8 Å². The summed E-state index contributed by atoms with van der Waals surface area (Å²) in [6.07, 6.45) is 4.87. The SMILES string of the molecule is C=CCCC/C=N\N(N)c1cc(Cl)ccc1O[C@@H](C(=O)O)c1ccccc1.CC. The minimum Gasteiger partial charge on any atom is -0.478 e. The quantitative estimate of drug-likeness (QED) is 0.173. The van der Waals surface area contributed by atoms with E-state index in [4.69, 9.17) is 22.2 Å². The van der Waals surface area contributed by atoms with Gasteiger partial charge in [-0.15, -0.1) is 6.58 Å². The van der Waals surface area contributed by atoms with E-state index in [9.17, 15) is 9.90 Å². The topological polar surface area (TPSA) is 88.1 Å². The van der Waals surface area contributed by atoms with E-state index in [1.165, 1.54) is 0 Å². The molecule has 1 atom stereocenters. The molecular formula is C22H28ClN3O3.